The van der Waals surface area contributed by atoms with E-state index in [4.69, 9.17) is 11.6 Å². The van der Waals surface area contributed by atoms with Gasteiger partial charge in [-0.05, 0) is 31.1 Å². The van der Waals surface area contributed by atoms with E-state index in [-0.39, 0.29) is 10.6 Å². The van der Waals surface area contributed by atoms with E-state index in [1.54, 1.807) is 6.20 Å². The Kier molecular flexibility index (Phi) is 6.09. The Balaban J connectivity index is 1.94. The third-order valence-corrected chi connectivity index (χ3v) is 4.79. The monoisotopic (exact) mass is 311 g/mol. The molecule has 0 aliphatic heterocycles. The van der Waals surface area contributed by atoms with Crippen LogP contribution in [0.15, 0.2) is 11.0 Å². The van der Waals surface area contributed by atoms with Gasteiger partial charge in [0.05, 0.1) is 11.9 Å². The first kappa shape index (κ1) is 16.3. The standard InChI is InChI=1S/C16H26ClN3O/c1-3-4-9-20-16(21)15(17)14(11-19-20)18-10-13-7-5-12(2)6-8-13/h11-13,18H,3-10H2,1-2H3. The van der Waals surface area contributed by atoms with Crippen molar-refractivity contribution < 1.29 is 0 Å². The van der Waals surface area contributed by atoms with Crippen molar-refractivity contribution in [2.24, 2.45) is 11.8 Å². The van der Waals surface area contributed by atoms with Crippen molar-refractivity contribution in [1.82, 2.24) is 9.78 Å². The lowest BCUT2D eigenvalue weighted by Crippen LogP contribution is -2.26. The van der Waals surface area contributed by atoms with Gasteiger partial charge in [0.25, 0.3) is 5.56 Å². The van der Waals surface area contributed by atoms with Gasteiger partial charge < -0.3 is 5.32 Å². The molecular formula is C16H26ClN3O. The second-order valence-corrected chi connectivity index (χ2v) is 6.64. The molecule has 2 rings (SSSR count). The number of aromatic nitrogens is 2. The molecular weight excluding hydrogens is 286 g/mol. The molecule has 1 aromatic heterocycles. The van der Waals surface area contributed by atoms with Crippen LogP contribution in [0.2, 0.25) is 5.02 Å². The number of hydrogen-bond acceptors (Lipinski definition) is 3. The number of hydrogen-bond donors (Lipinski definition) is 1. The summed E-state index contributed by atoms with van der Waals surface area (Å²) >= 11 is 6.18. The summed E-state index contributed by atoms with van der Waals surface area (Å²) in [5.41, 5.74) is 0.487. The van der Waals surface area contributed by atoms with Crippen molar-refractivity contribution in [2.45, 2.75) is 58.9 Å². The highest BCUT2D eigenvalue weighted by molar-refractivity contribution is 6.32. The zero-order valence-electron chi connectivity index (χ0n) is 13.1. The molecule has 1 aromatic rings. The van der Waals surface area contributed by atoms with Gasteiger partial charge in [-0.1, -0.05) is 44.7 Å². The summed E-state index contributed by atoms with van der Waals surface area (Å²) in [6.07, 6.45) is 8.78. The highest BCUT2D eigenvalue weighted by Gasteiger charge is 2.18. The molecule has 1 fully saturated rings. The minimum absolute atomic E-state index is 0.188. The van der Waals surface area contributed by atoms with E-state index in [0.717, 1.165) is 25.3 Å². The second-order valence-electron chi connectivity index (χ2n) is 6.26. The van der Waals surface area contributed by atoms with Crippen LogP contribution in [0.4, 0.5) is 5.69 Å². The highest BCUT2D eigenvalue weighted by Crippen LogP contribution is 2.28. The molecule has 0 saturated heterocycles. The van der Waals surface area contributed by atoms with Gasteiger partial charge in [-0.2, -0.15) is 5.10 Å². The van der Waals surface area contributed by atoms with Crippen molar-refractivity contribution in [2.75, 3.05) is 11.9 Å². The number of aryl methyl sites for hydroxylation is 1. The summed E-state index contributed by atoms with van der Waals surface area (Å²) in [6, 6.07) is 0. The molecule has 0 atom stereocenters. The maximum absolute atomic E-state index is 12.1. The van der Waals surface area contributed by atoms with E-state index < -0.39 is 0 Å². The third-order valence-electron chi connectivity index (χ3n) is 4.42. The van der Waals surface area contributed by atoms with Crippen LogP contribution in [-0.2, 0) is 6.54 Å². The number of halogens is 1. The van der Waals surface area contributed by atoms with Gasteiger partial charge in [0.2, 0.25) is 0 Å². The molecule has 1 aliphatic carbocycles. The van der Waals surface area contributed by atoms with E-state index >= 15 is 0 Å². The largest absolute Gasteiger partial charge is 0.382 e. The van der Waals surface area contributed by atoms with Crippen LogP contribution < -0.4 is 10.9 Å². The average Bonchev–Trinajstić information content (AvgIpc) is 2.49. The summed E-state index contributed by atoms with van der Waals surface area (Å²) < 4.78 is 1.46. The molecule has 0 bridgehead atoms. The smallest absolute Gasteiger partial charge is 0.287 e. The van der Waals surface area contributed by atoms with Crippen LogP contribution >= 0.6 is 11.6 Å². The topological polar surface area (TPSA) is 46.9 Å². The fourth-order valence-corrected chi connectivity index (χ4v) is 3.06. The van der Waals surface area contributed by atoms with E-state index in [2.05, 4.69) is 24.3 Å². The normalized spacial score (nSPS) is 22.2. The van der Waals surface area contributed by atoms with Crippen LogP contribution in [0.1, 0.15) is 52.4 Å². The molecule has 1 saturated carbocycles. The molecule has 0 unspecified atom stereocenters. The zero-order valence-corrected chi connectivity index (χ0v) is 13.8. The van der Waals surface area contributed by atoms with Gasteiger partial charge in [0.15, 0.2) is 0 Å². The predicted molar refractivity (Wildman–Crippen MR) is 88.0 cm³/mol. The molecule has 21 heavy (non-hydrogen) atoms. The van der Waals surface area contributed by atoms with Crippen molar-refractivity contribution in [3.05, 3.63) is 21.6 Å². The Hall–Kier alpha value is -1.03. The molecule has 1 N–H and O–H groups in total. The van der Waals surface area contributed by atoms with Crippen LogP contribution in [0.5, 0.6) is 0 Å². The first-order valence-electron chi connectivity index (χ1n) is 8.11. The number of nitrogens with one attached hydrogen (secondary N) is 1. The van der Waals surface area contributed by atoms with E-state index in [9.17, 15) is 4.79 Å². The molecule has 0 amide bonds. The molecule has 0 spiro atoms. The van der Waals surface area contributed by atoms with Gasteiger partial charge in [-0.3, -0.25) is 4.79 Å². The Morgan fingerprint density at radius 3 is 2.76 bits per heavy atom. The fraction of sp³-hybridized carbons (Fsp3) is 0.750. The fourth-order valence-electron chi connectivity index (χ4n) is 2.84. The molecule has 0 aromatic carbocycles. The molecule has 118 valence electrons. The Morgan fingerprint density at radius 1 is 1.38 bits per heavy atom. The SMILES string of the molecule is CCCCn1ncc(NCC2CCC(C)CC2)c(Cl)c1=O. The third kappa shape index (κ3) is 4.47. The molecule has 5 heteroatoms. The maximum atomic E-state index is 12.1. The van der Waals surface area contributed by atoms with Gasteiger partial charge in [-0.15, -0.1) is 0 Å². The minimum atomic E-state index is -0.188. The van der Waals surface area contributed by atoms with Crippen LogP contribution in [-0.4, -0.2) is 16.3 Å². The number of unbranched alkanes of at least 4 members (excludes halogenated alkanes) is 1. The summed E-state index contributed by atoms with van der Waals surface area (Å²) in [5.74, 6) is 1.54. The Labute approximate surface area is 131 Å². The van der Waals surface area contributed by atoms with Crippen molar-refractivity contribution in [3.63, 3.8) is 0 Å². The van der Waals surface area contributed by atoms with Crippen molar-refractivity contribution in [3.8, 4) is 0 Å². The molecule has 4 nitrogen and oxygen atoms in total. The van der Waals surface area contributed by atoms with E-state index in [0.29, 0.717) is 18.2 Å². The quantitative estimate of drug-likeness (QED) is 0.865. The van der Waals surface area contributed by atoms with Crippen LogP contribution in [0, 0.1) is 11.8 Å². The zero-order chi connectivity index (χ0) is 15.2. The van der Waals surface area contributed by atoms with E-state index in [1.807, 2.05) is 0 Å². The molecule has 1 heterocycles. The van der Waals surface area contributed by atoms with Gasteiger partial charge in [-0.25, -0.2) is 4.68 Å². The summed E-state index contributed by atoms with van der Waals surface area (Å²) in [7, 11) is 0. The number of nitrogens with zero attached hydrogens (tertiary/aromatic N) is 2. The maximum Gasteiger partial charge on any atom is 0.287 e. The lowest BCUT2D eigenvalue weighted by molar-refractivity contribution is 0.300. The summed E-state index contributed by atoms with van der Waals surface area (Å²) in [4.78, 5) is 12.1. The Morgan fingerprint density at radius 2 is 2.10 bits per heavy atom. The minimum Gasteiger partial charge on any atom is -0.382 e. The van der Waals surface area contributed by atoms with Gasteiger partial charge in [0, 0.05) is 13.1 Å². The van der Waals surface area contributed by atoms with Crippen molar-refractivity contribution in [1.29, 1.82) is 0 Å². The molecule has 0 radical (unpaired) electrons. The second kappa shape index (κ2) is 7.83. The average molecular weight is 312 g/mol. The van der Waals surface area contributed by atoms with Gasteiger partial charge >= 0.3 is 0 Å². The lowest BCUT2D eigenvalue weighted by atomic mass is 9.83. The van der Waals surface area contributed by atoms with Gasteiger partial charge in [0.1, 0.15) is 5.02 Å². The Bertz CT molecular complexity index is 507. The molecule has 1 aliphatic rings. The number of rotatable bonds is 6. The predicted octanol–water partition coefficient (Wildman–Crippen LogP) is 3.94. The summed E-state index contributed by atoms with van der Waals surface area (Å²) in [5, 5.41) is 7.79. The number of anilines is 1. The van der Waals surface area contributed by atoms with Crippen molar-refractivity contribution >= 4 is 17.3 Å². The first-order chi connectivity index (χ1) is 10.1. The van der Waals surface area contributed by atoms with E-state index in [1.165, 1.54) is 30.4 Å². The first-order valence-corrected chi connectivity index (χ1v) is 8.49. The van der Waals surface area contributed by atoms with Crippen LogP contribution in [0.3, 0.4) is 0 Å². The van der Waals surface area contributed by atoms with Crippen LogP contribution in [0.25, 0.3) is 0 Å². The summed E-state index contributed by atoms with van der Waals surface area (Å²) in [6.45, 7) is 5.93. The highest BCUT2D eigenvalue weighted by atomic mass is 35.5. The lowest BCUT2D eigenvalue weighted by Gasteiger charge is -2.26.